The summed E-state index contributed by atoms with van der Waals surface area (Å²) in [5.74, 6) is 1.55. The van der Waals surface area contributed by atoms with Crippen molar-refractivity contribution >= 4 is 22.2 Å². The number of rotatable bonds is 4. The molecule has 0 bridgehead atoms. The zero-order valence-electron chi connectivity index (χ0n) is 10.7. The van der Waals surface area contributed by atoms with E-state index in [1.54, 1.807) is 0 Å². The quantitative estimate of drug-likeness (QED) is 0.776. The van der Waals surface area contributed by atoms with Gasteiger partial charge >= 0.3 is 0 Å². The van der Waals surface area contributed by atoms with Crippen LogP contribution in [0.15, 0.2) is 22.7 Å². The van der Waals surface area contributed by atoms with Crippen LogP contribution < -0.4 is 4.74 Å². The third kappa shape index (κ3) is 3.35. The molecule has 0 aliphatic heterocycles. The SMILES string of the molecule is Cc1c(Br)cccc1OC1CCC(CC=O)CC1. The molecule has 0 radical (unpaired) electrons. The summed E-state index contributed by atoms with van der Waals surface area (Å²) < 4.78 is 7.17. The summed E-state index contributed by atoms with van der Waals surface area (Å²) in [4.78, 5) is 10.5. The molecule has 2 rings (SSSR count). The first-order chi connectivity index (χ1) is 8.70. The van der Waals surface area contributed by atoms with Crippen molar-refractivity contribution in [2.75, 3.05) is 0 Å². The van der Waals surface area contributed by atoms with Gasteiger partial charge in [-0.25, -0.2) is 0 Å². The number of halogens is 1. The van der Waals surface area contributed by atoms with Crippen LogP contribution in [0.4, 0.5) is 0 Å². The molecule has 2 nitrogen and oxygen atoms in total. The van der Waals surface area contributed by atoms with Gasteiger partial charge in [-0.3, -0.25) is 0 Å². The fourth-order valence-corrected chi connectivity index (χ4v) is 2.86. The zero-order chi connectivity index (χ0) is 13.0. The van der Waals surface area contributed by atoms with E-state index in [2.05, 4.69) is 22.9 Å². The highest BCUT2D eigenvalue weighted by molar-refractivity contribution is 9.10. The fourth-order valence-electron chi connectivity index (χ4n) is 2.52. The van der Waals surface area contributed by atoms with Gasteiger partial charge in [0.1, 0.15) is 12.0 Å². The summed E-state index contributed by atoms with van der Waals surface area (Å²) >= 11 is 3.52. The lowest BCUT2D eigenvalue weighted by Gasteiger charge is -2.28. The van der Waals surface area contributed by atoms with E-state index in [1.165, 1.54) is 0 Å². The van der Waals surface area contributed by atoms with Gasteiger partial charge in [-0.2, -0.15) is 0 Å². The number of carbonyl (C=O) groups excluding carboxylic acids is 1. The average molecular weight is 311 g/mol. The number of aldehydes is 1. The van der Waals surface area contributed by atoms with Crippen molar-refractivity contribution in [2.24, 2.45) is 5.92 Å². The maximum Gasteiger partial charge on any atom is 0.123 e. The molecule has 1 aromatic carbocycles. The Bertz CT molecular complexity index is 409. The van der Waals surface area contributed by atoms with Crippen molar-refractivity contribution in [1.29, 1.82) is 0 Å². The van der Waals surface area contributed by atoms with Crippen LogP contribution in [0.25, 0.3) is 0 Å². The van der Waals surface area contributed by atoms with Crippen LogP contribution in [0.2, 0.25) is 0 Å². The molecule has 0 amide bonds. The molecule has 1 aromatic rings. The first-order valence-corrected chi connectivity index (χ1v) is 7.35. The highest BCUT2D eigenvalue weighted by atomic mass is 79.9. The van der Waals surface area contributed by atoms with Crippen molar-refractivity contribution in [3.63, 3.8) is 0 Å². The van der Waals surface area contributed by atoms with Crippen LogP contribution in [0.1, 0.15) is 37.7 Å². The number of hydrogen-bond acceptors (Lipinski definition) is 2. The Balaban J connectivity index is 1.91. The summed E-state index contributed by atoms with van der Waals surface area (Å²) in [6.45, 7) is 2.07. The minimum Gasteiger partial charge on any atom is -0.490 e. The highest BCUT2D eigenvalue weighted by Crippen LogP contribution is 2.32. The second-order valence-corrected chi connectivity index (χ2v) is 5.88. The first-order valence-electron chi connectivity index (χ1n) is 6.56. The Morgan fingerprint density at radius 1 is 1.33 bits per heavy atom. The normalized spacial score (nSPS) is 23.7. The highest BCUT2D eigenvalue weighted by Gasteiger charge is 2.22. The van der Waals surface area contributed by atoms with E-state index in [9.17, 15) is 4.79 Å². The molecule has 0 heterocycles. The van der Waals surface area contributed by atoms with Crippen LogP contribution in [0.3, 0.4) is 0 Å². The average Bonchev–Trinajstić information content (AvgIpc) is 2.38. The molecule has 0 unspecified atom stereocenters. The largest absolute Gasteiger partial charge is 0.490 e. The maximum absolute atomic E-state index is 10.5. The van der Waals surface area contributed by atoms with Crippen molar-refractivity contribution < 1.29 is 9.53 Å². The van der Waals surface area contributed by atoms with Crippen LogP contribution in [-0.4, -0.2) is 12.4 Å². The maximum atomic E-state index is 10.5. The predicted octanol–water partition coefficient (Wildman–Crippen LogP) is 4.28. The van der Waals surface area contributed by atoms with E-state index in [0.29, 0.717) is 18.4 Å². The zero-order valence-corrected chi connectivity index (χ0v) is 12.3. The minimum absolute atomic E-state index is 0.306. The number of ether oxygens (including phenoxy) is 1. The van der Waals surface area contributed by atoms with Crippen molar-refractivity contribution in [2.45, 2.75) is 45.1 Å². The molecule has 0 aromatic heterocycles. The molecule has 1 fully saturated rings. The van der Waals surface area contributed by atoms with Gasteiger partial charge in [0.2, 0.25) is 0 Å². The van der Waals surface area contributed by atoms with E-state index >= 15 is 0 Å². The van der Waals surface area contributed by atoms with Gasteiger partial charge < -0.3 is 9.53 Å². The summed E-state index contributed by atoms with van der Waals surface area (Å²) in [6, 6.07) is 6.06. The Morgan fingerprint density at radius 3 is 2.72 bits per heavy atom. The molecule has 0 N–H and O–H groups in total. The smallest absolute Gasteiger partial charge is 0.123 e. The monoisotopic (exact) mass is 310 g/mol. The minimum atomic E-state index is 0.306. The van der Waals surface area contributed by atoms with Crippen LogP contribution in [0, 0.1) is 12.8 Å². The summed E-state index contributed by atoms with van der Waals surface area (Å²) in [7, 11) is 0. The summed E-state index contributed by atoms with van der Waals surface area (Å²) in [5.41, 5.74) is 1.16. The fraction of sp³-hybridized carbons (Fsp3) is 0.533. The summed E-state index contributed by atoms with van der Waals surface area (Å²) in [5, 5.41) is 0. The lowest BCUT2D eigenvalue weighted by Crippen LogP contribution is -2.24. The second-order valence-electron chi connectivity index (χ2n) is 5.03. The van der Waals surface area contributed by atoms with E-state index in [-0.39, 0.29) is 0 Å². The molecule has 1 aliphatic carbocycles. The number of benzene rings is 1. The lowest BCUT2D eigenvalue weighted by molar-refractivity contribution is -0.108. The Kier molecular flexibility index (Phi) is 4.81. The topological polar surface area (TPSA) is 26.3 Å². The van der Waals surface area contributed by atoms with E-state index < -0.39 is 0 Å². The van der Waals surface area contributed by atoms with Crippen LogP contribution in [-0.2, 0) is 4.79 Å². The second kappa shape index (κ2) is 6.37. The molecule has 1 saturated carbocycles. The molecular weight excluding hydrogens is 292 g/mol. The van der Waals surface area contributed by atoms with E-state index in [0.717, 1.165) is 47.8 Å². The van der Waals surface area contributed by atoms with Gasteiger partial charge in [-0.15, -0.1) is 0 Å². The van der Waals surface area contributed by atoms with Gasteiger partial charge in [-0.1, -0.05) is 22.0 Å². The number of hydrogen-bond donors (Lipinski definition) is 0. The third-order valence-electron chi connectivity index (χ3n) is 3.73. The Hall–Kier alpha value is -0.830. The molecule has 0 spiro atoms. The van der Waals surface area contributed by atoms with Crippen molar-refractivity contribution in [3.05, 3.63) is 28.2 Å². The van der Waals surface area contributed by atoms with Gasteiger partial charge in [0.15, 0.2) is 0 Å². The molecule has 0 saturated heterocycles. The Labute approximate surface area is 117 Å². The first kappa shape index (κ1) is 13.6. The van der Waals surface area contributed by atoms with E-state index in [1.807, 2.05) is 18.2 Å². The molecule has 3 heteroatoms. The molecule has 1 aliphatic rings. The van der Waals surface area contributed by atoms with Crippen LogP contribution >= 0.6 is 15.9 Å². The van der Waals surface area contributed by atoms with E-state index in [4.69, 9.17) is 4.74 Å². The van der Waals surface area contributed by atoms with Crippen LogP contribution in [0.5, 0.6) is 5.75 Å². The van der Waals surface area contributed by atoms with Gasteiger partial charge in [-0.05, 0) is 50.7 Å². The molecule has 18 heavy (non-hydrogen) atoms. The standard InChI is InChI=1S/C15H19BrO2/c1-11-14(16)3-2-4-15(11)18-13-7-5-12(6-8-13)9-10-17/h2-4,10,12-13H,5-9H2,1H3. The Morgan fingerprint density at radius 2 is 2.06 bits per heavy atom. The third-order valence-corrected chi connectivity index (χ3v) is 4.59. The molecule has 0 atom stereocenters. The van der Waals surface area contributed by atoms with Gasteiger partial charge in [0, 0.05) is 16.5 Å². The lowest BCUT2D eigenvalue weighted by atomic mass is 9.85. The summed E-state index contributed by atoms with van der Waals surface area (Å²) in [6.07, 6.45) is 6.40. The molecule has 98 valence electrons. The van der Waals surface area contributed by atoms with Gasteiger partial charge in [0.25, 0.3) is 0 Å². The molecular formula is C15H19BrO2. The van der Waals surface area contributed by atoms with Crippen molar-refractivity contribution in [3.8, 4) is 5.75 Å². The van der Waals surface area contributed by atoms with Crippen molar-refractivity contribution in [1.82, 2.24) is 0 Å². The predicted molar refractivity (Wildman–Crippen MR) is 75.9 cm³/mol. The number of carbonyl (C=O) groups is 1. The van der Waals surface area contributed by atoms with Gasteiger partial charge in [0.05, 0.1) is 6.10 Å².